The number of aliphatic hydroxyl groups is 1. The van der Waals surface area contributed by atoms with E-state index < -0.39 is 5.60 Å². The molecule has 3 unspecified atom stereocenters. The van der Waals surface area contributed by atoms with Crippen molar-refractivity contribution in [3.8, 4) is 0 Å². The molecular formula is C15H30N2O3. The van der Waals surface area contributed by atoms with Crippen LogP contribution in [0.2, 0.25) is 0 Å². The summed E-state index contributed by atoms with van der Waals surface area (Å²) in [5.74, 6) is 0.340. The molecule has 1 aliphatic rings. The van der Waals surface area contributed by atoms with Crippen LogP contribution in [0.25, 0.3) is 0 Å². The van der Waals surface area contributed by atoms with E-state index in [4.69, 9.17) is 4.74 Å². The summed E-state index contributed by atoms with van der Waals surface area (Å²) in [4.78, 5) is 11.6. The summed E-state index contributed by atoms with van der Waals surface area (Å²) in [5, 5.41) is 15.7. The summed E-state index contributed by atoms with van der Waals surface area (Å²) in [6.45, 7) is 8.36. The van der Waals surface area contributed by atoms with Gasteiger partial charge in [-0.3, -0.25) is 0 Å². The van der Waals surface area contributed by atoms with Crippen LogP contribution >= 0.6 is 0 Å². The SMILES string of the molecule is CC(CNC(=O)OC(C)(C)C)NC1CCCCC1CO. The molecule has 0 aromatic rings. The van der Waals surface area contributed by atoms with Crippen molar-refractivity contribution < 1.29 is 14.6 Å². The van der Waals surface area contributed by atoms with Crippen LogP contribution < -0.4 is 10.6 Å². The number of ether oxygens (including phenoxy) is 1. The predicted octanol–water partition coefficient (Wildman–Crippen LogP) is 2.04. The van der Waals surface area contributed by atoms with Crippen LogP contribution in [0.3, 0.4) is 0 Å². The van der Waals surface area contributed by atoms with E-state index >= 15 is 0 Å². The maximum Gasteiger partial charge on any atom is 0.407 e. The number of alkyl carbamates (subject to hydrolysis) is 1. The third-order valence-corrected chi connectivity index (χ3v) is 3.59. The lowest BCUT2D eigenvalue weighted by Gasteiger charge is -2.33. The number of nitrogens with one attached hydrogen (secondary N) is 2. The van der Waals surface area contributed by atoms with Gasteiger partial charge in [-0.25, -0.2) is 4.79 Å². The van der Waals surface area contributed by atoms with E-state index in [2.05, 4.69) is 10.6 Å². The zero-order valence-electron chi connectivity index (χ0n) is 13.2. The average molecular weight is 286 g/mol. The Morgan fingerprint density at radius 1 is 1.35 bits per heavy atom. The number of hydrogen-bond donors (Lipinski definition) is 3. The number of carbonyl (C=O) groups is 1. The normalized spacial score (nSPS) is 25.1. The molecule has 1 amide bonds. The fourth-order valence-electron chi connectivity index (χ4n) is 2.62. The minimum absolute atomic E-state index is 0.166. The molecule has 3 N–H and O–H groups in total. The van der Waals surface area contributed by atoms with E-state index in [-0.39, 0.29) is 18.7 Å². The van der Waals surface area contributed by atoms with Crippen molar-refractivity contribution >= 4 is 6.09 Å². The van der Waals surface area contributed by atoms with Crippen molar-refractivity contribution in [3.63, 3.8) is 0 Å². The molecule has 0 heterocycles. The zero-order chi connectivity index (χ0) is 15.2. The predicted molar refractivity (Wildman–Crippen MR) is 79.7 cm³/mol. The highest BCUT2D eigenvalue weighted by atomic mass is 16.6. The number of aliphatic hydroxyl groups excluding tert-OH is 1. The molecule has 3 atom stereocenters. The molecule has 0 bridgehead atoms. The lowest BCUT2D eigenvalue weighted by atomic mass is 9.84. The minimum atomic E-state index is -0.466. The maximum absolute atomic E-state index is 11.6. The molecule has 0 saturated heterocycles. The molecule has 1 rings (SSSR count). The lowest BCUT2D eigenvalue weighted by Crippen LogP contribution is -2.49. The fourth-order valence-corrected chi connectivity index (χ4v) is 2.62. The van der Waals surface area contributed by atoms with Gasteiger partial charge in [0.1, 0.15) is 5.60 Å². The number of carbonyl (C=O) groups excluding carboxylic acids is 1. The second kappa shape index (κ2) is 7.84. The zero-order valence-corrected chi connectivity index (χ0v) is 13.2. The van der Waals surface area contributed by atoms with Crippen LogP contribution in [-0.2, 0) is 4.74 Å². The summed E-state index contributed by atoms with van der Waals surface area (Å²) >= 11 is 0. The summed E-state index contributed by atoms with van der Waals surface area (Å²) < 4.78 is 5.20. The summed E-state index contributed by atoms with van der Waals surface area (Å²) in [5.41, 5.74) is -0.466. The number of hydrogen-bond acceptors (Lipinski definition) is 4. The Labute approximate surface area is 122 Å². The van der Waals surface area contributed by atoms with E-state index in [1.165, 1.54) is 12.8 Å². The standard InChI is InChI=1S/C15H30N2O3/c1-11(9-16-14(19)20-15(2,3)4)17-13-8-6-5-7-12(13)10-18/h11-13,17-18H,5-10H2,1-4H3,(H,16,19). The van der Waals surface area contributed by atoms with Crippen LogP contribution in [0, 0.1) is 5.92 Å². The Morgan fingerprint density at radius 2 is 2.00 bits per heavy atom. The molecule has 5 nitrogen and oxygen atoms in total. The Bertz CT molecular complexity index is 302. The summed E-state index contributed by atoms with van der Waals surface area (Å²) in [7, 11) is 0. The molecule has 118 valence electrons. The van der Waals surface area contributed by atoms with Crippen LogP contribution in [0.1, 0.15) is 53.4 Å². The van der Waals surface area contributed by atoms with Crippen molar-refractivity contribution in [1.29, 1.82) is 0 Å². The van der Waals surface area contributed by atoms with Crippen molar-refractivity contribution in [2.75, 3.05) is 13.2 Å². The van der Waals surface area contributed by atoms with Gasteiger partial charge in [0.25, 0.3) is 0 Å². The molecule has 1 aliphatic carbocycles. The van der Waals surface area contributed by atoms with Gasteiger partial charge in [0.05, 0.1) is 0 Å². The van der Waals surface area contributed by atoms with Crippen LogP contribution in [0.5, 0.6) is 0 Å². The quantitative estimate of drug-likeness (QED) is 0.723. The van der Waals surface area contributed by atoms with Crippen molar-refractivity contribution in [3.05, 3.63) is 0 Å². The van der Waals surface area contributed by atoms with Gasteiger partial charge in [-0.05, 0) is 46.5 Å². The molecule has 1 fully saturated rings. The summed E-state index contributed by atoms with van der Waals surface area (Å²) in [6.07, 6.45) is 4.21. The van der Waals surface area contributed by atoms with Crippen LogP contribution in [-0.4, -0.2) is 42.0 Å². The highest BCUT2D eigenvalue weighted by Crippen LogP contribution is 2.24. The van der Waals surface area contributed by atoms with Crippen LogP contribution in [0.15, 0.2) is 0 Å². The first-order valence-corrected chi connectivity index (χ1v) is 7.65. The number of amides is 1. The highest BCUT2D eigenvalue weighted by Gasteiger charge is 2.25. The van der Waals surface area contributed by atoms with Crippen LogP contribution in [0.4, 0.5) is 4.79 Å². The van der Waals surface area contributed by atoms with E-state index in [0.29, 0.717) is 18.5 Å². The van der Waals surface area contributed by atoms with Gasteiger partial charge < -0.3 is 20.5 Å². The molecule has 0 radical (unpaired) electrons. The molecule has 0 aromatic carbocycles. The first-order valence-electron chi connectivity index (χ1n) is 7.65. The van der Waals surface area contributed by atoms with Gasteiger partial charge in [-0.15, -0.1) is 0 Å². The van der Waals surface area contributed by atoms with Crippen molar-refractivity contribution in [1.82, 2.24) is 10.6 Å². The van der Waals surface area contributed by atoms with Gasteiger partial charge >= 0.3 is 6.09 Å². The molecule has 1 saturated carbocycles. The number of rotatable bonds is 5. The monoisotopic (exact) mass is 286 g/mol. The van der Waals surface area contributed by atoms with Gasteiger partial charge in [-0.2, -0.15) is 0 Å². The third-order valence-electron chi connectivity index (χ3n) is 3.59. The molecule has 5 heteroatoms. The maximum atomic E-state index is 11.6. The largest absolute Gasteiger partial charge is 0.444 e. The third kappa shape index (κ3) is 6.57. The first-order chi connectivity index (χ1) is 9.31. The average Bonchev–Trinajstić information content (AvgIpc) is 2.35. The fraction of sp³-hybridized carbons (Fsp3) is 0.933. The minimum Gasteiger partial charge on any atom is -0.444 e. The van der Waals surface area contributed by atoms with Gasteiger partial charge in [-0.1, -0.05) is 12.8 Å². The molecule has 20 heavy (non-hydrogen) atoms. The second-order valence-corrected chi connectivity index (χ2v) is 6.78. The first kappa shape index (κ1) is 17.2. The topological polar surface area (TPSA) is 70.6 Å². The molecular weight excluding hydrogens is 256 g/mol. The Balaban J connectivity index is 2.28. The van der Waals surface area contributed by atoms with E-state index in [1.54, 1.807) is 0 Å². The molecule has 0 aromatic heterocycles. The Morgan fingerprint density at radius 3 is 2.60 bits per heavy atom. The summed E-state index contributed by atoms with van der Waals surface area (Å²) in [6, 6.07) is 0.517. The van der Waals surface area contributed by atoms with E-state index in [1.807, 2.05) is 27.7 Å². The highest BCUT2D eigenvalue weighted by molar-refractivity contribution is 5.67. The lowest BCUT2D eigenvalue weighted by molar-refractivity contribution is 0.0520. The van der Waals surface area contributed by atoms with Gasteiger partial charge in [0.2, 0.25) is 0 Å². The van der Waals surface area contributed by atoms with Crippen molar-refractivity contribution in [2.45, 2.75) is 71.1 Å². The van der Waals surface area contributed by atoms with E-state index in [0.717, 1.165) is 12.8 Å². The molecule has 0 aliphatic heterocycles. The van der Waals surface area contributed by atoms with Gasteiger partial charge in [0.15, 0.2) is 0 Å². The van der Waals surface area contributed by atoms with E-state index in [9.17, 15) is 9.90 Å². The van der Waals surface area contributed by atoms with Crippen molar-refractivity contribution in [2.24, 2.45) is 5.92 Å². The van der Waals surface area contributed by atoms with Gasteiger partial charge in [0, 0.05) is 25.2 Å². The Kier molecular flexibility index (Phi) is 6.76. The molecule has 0 spiro atoms. The smallest absolute Gasteiger partial charge is 0.407 e. The Hall–Kier alpha value is -0.810. The second-order valence-electron chi connectivity index (χ2n) is 6.78.